The maximum absolute atomic E-state index is 15.0. The number of carbonyl (C=O) groups excluding carboxylic acids is 8. The summed E-state index contributed by atoms with van der Waals surface area (Å²) in [4.78, 5) is 130. The second-order valence-electron chi connectivity index (χ2n) is 18.8. The van der Waals surface area contributed by atoms with E-state index in [1.165, 1.54) is 26.1 Å². The van der Waals surface area contributed by atoms with Crippen LogP contribution in [0.1, 0.15) is 53.2 Å². The second-order valence-corrected chi connectivity index (χ2v) is 19.5. The van der Waals surface area contributed by atoms with Crippen LogP contribution in [0.5, 0.6) is 0 Å². The van der Waals surface area contributed by atoms with Crippen molar-refractivity contribution in [2.75, 3.05) is 25.1 Å². The topological polar surface area (TPSA) is 349 Å². The Labute approximate surface area is 468 Å². The molecule has 1 heterocycles. The summed E-state index contributed by atoms with van der Waals surface area (Å²) in [6, 6.07) is 22.3. The molecule has 0 spiro atoms. The van der Waals surface area contributed by atoms with Crippen LogP contribution in [0.4, 0.5) is 0 Å². The lowest BCUT2D eigenvalue weighted by Crippen LogP contribution is -2.64. The first-order valence-corrected chi connectivity index (χ1v) is 26.8. The van der Waals surface area contributed by atoms with E-state index in [0.29, 0.717) is 34.0 Å². The molecule has 9 atom stereocenters. The minimum absolute atomic E-state index is 0.0540. The number of nitrogens with one attached hydrogen (secondary N) is 8. The van der Waals surface area contributed by atoms with Gasteiger partial charge < -0.3 is 68.8 Å². The normalized spacial score (nSPS) is 14.5. The van der Waals surface area contributed by atoms with Crippen molar-refractivity contribution in [2.24, 2.45) is 11.5 Å². The zero-order chi connectivity index (χ0) is 57.6. The molecule has 5 aromatic rings. The number of fused-ring (bicyclic) bond motifs is 1. The third-order valence-electron chi connectivity index (χ3n) is 12.8. The van der Waals surface area contributed by atoms with Crippen LogP contribution in [0.15, 0.2) is 121 Å². The minimum atomic E-state index is -1.85. The van der Waals surface area contributed by atoms with Gasteiger partial charge in [-0.05, 0) is 67.6 Å². The third kappa shape index (κ3) is 18.4. The van der Waals surface area contributed by atoms with E-state index in [2.05, 4.69) is 67.5 Å². The summed E-state index contributed by atoms with van der Waals surface area (Å²) in [6.07, 6.45) is -1.59. The Morgan fingerprint density at radius 1 is 0.570 bits per heavy atom. The predicted molar refractivity (Wildman–Crippen MR) is 302 cm³/mol. The standard InChI is InChI=1S/C55H69N11O11S2/c1-32(67)45(52(73)61-41(26-33-16-6-3-7-17-33)49(70)63-44(31-79)55(76)77)64-48(69)40(24-14-15-25-56)59-50(71)43(28-36-29-58-39-23-13-12-22-37(36)39)62-53(74)46(66(2)54(75)35-20-10-5-11-21-35)65-51(72)42(60-47(68)38(57)30-78)27-34-18-8-4-9-19-34/h3-13,16-23,29,32,38,40-46,58,67,78-79H,14-15,24-28,30-31,56-57H2,1-2H3,(H,59,71)(H,60,68)(H,61,73)(H,62,74)(H,63,70)(H,64,69)(H,65,72)(H,76,77)/t32-,38+,40+,41+,42+,43+,44+,45+,46+/m1/s1. The predicted octanol–water partition coefficient (Wildman–Crippen LogP) is 0.100. The molecule has 0 aliphatic heterocycles. The number of benzene rings is 4. The van der Waals surface area contributed by atoms with Gasteiger partial charge in [-0.2, -0.15) is 25.3 Å². The zero-order valence-electron chi connectivity index (χ0n) is 43.7. The summed E-state index contributed by atoms with van der Waals surface area (Å²) in [7, 11) is 1.27. The van der Waals surface area contributed by atoms with Crippen LogP contribution in [0.2, 0.25) is 0 Å². The van der Waals surface area contributed by atoms with Gasteiger partial charge in [0.1, 0.15) is 36.3 Å². The smallest absolute Gasteiger partial charge is 0.327 e. The first-order valence-electron chi connectivity index (χ1n) is 25.5. The number of aliphatic hydroxyl groups is 1. The molecule has 0 bridgehead atoms. The van der Waals surface area contributed by atoms with Crippen molar-refractivity contribution in [1.29, 1.82) is 0 Å². The molecule has 422 valence electrons. The van der Waals surface area contributed by atoms with Crippen molar-refractivity contribution in [3.05, 3.63) is 144 Å². The van der Waals surface area contributed by atoms with E-state index in [1.807, 2.05) is 0 Å². The number of aromatic nitrogens is 1. The number of aliphatic hydroxyl groups excluding tert-OH is 1. The number of H-pyrrole nitrogens is 1. The Morgan fingerprint density at radius 3 is 1.59 bits per heavy atom. The molecule has 14 N–H and O–H groups in total. The number of amides is 8. The number of unbranched alkanes of at least 4 members (excludes halogenated alkanes) is 1. The Kier molecular flexibility index (Phi) is 24.3. The van der Waals surface area contributed by atoms with Gasteiger partial charge in [0.2, 0.25) is 35.4 Å². The quantitative estimate of drug-likeness (QED) is 0.0165. The molecule has 5 rings (SSSR count). The second kappa shape index (κ2) is 31.0. The molecule has 22 nitrogen and oxygen atoms in total. The Bertz CT molecular complexity index is 2860. The monoisotopic (exact) mass is 1120 g/mol. The van der Waals surface area contributed by atoms with Crippen LogP contribution in [0, 0.1) is 0 Å². The number of likely N-dealkylation sites (N-methyl/N-ethyl adjacent to an activating group) is 1. The van der Waals surface area contributed by atoms with Crippen molar-refractivity contribution in [1.82, 2.24) is 47.1 Å². The third-order valence-corrected chi connectivity index (χ3v) is 13.6. The molecule has 0 saturated carbocycles. The highest BCUT2D eigenvalue weighted by Gasteiger charge is 2.38. The first-order chi connectivity index (χ1) is 37.8. The summed E-state index contributed by atoms with van der Waals surface area (Å²) in [5.41, 5.74) is 14.4. The maximum Gasteiger partial charge on any atom is 0.327 e. The molecule has 0 aliphatic rings. The van der Waals surface area contributed by atoms with Crippen LogP contribution >= 0.6 is 25.3 Å². The number of carbonyl (C=O) groups is 9. The van der Waals surface area contributed by atoms with Crippen LogP contribution in [0.25, 0.3) is 10.9 Å². The zero-order valence-corrected chi connectivity index (χ0v) is 45.5. The van der Waals surface area contributed by atoms with E-state index in [0.717, 1.165) is 4.90 Å². The number of hydrogen-bond acceptors (Lipinski definition) is 14. The Balaban J connectivity index is 1.48. The fourth-order valence-electron chi connectivity index (χ4n) is 8.35. The van der Waals surface area contributed by atoms with Crippen molar-refractivity contribution in [2.45, 2.75) is 100 Å². The van der Waals surface area contributed by atoms with Crippen LogP contribution in [0.3, 0.4) is 0 Å². The SMILES string of the molecule is C[C@@H](O)[C@H](NC(=O)[C@H](CCCCN)NC(=O)[C@H](Cc1c[nH]c2ccccc12)NC(=O)[C@@H](NC(=O)[C@H](Cc1ccccc1)NC(=O)[C@@H](N)CS)N(C)C(=O)c1ccccc1)C(=O)N[C@@H](Cc1ccccc1)C(=O)N[C@@H](CS)C(=O)O. The van der Waals surface area contributed by atoms with E-state index in [4.69, 9.17) is 11.5 Å². The highest BCUT2D eigenvalue weighted by atomic mass is 32.1. The molecule has 24 heteroatoms. The first kappa shape index (κ1) is 62.1. The van der Waals surface area contributed by atoms with Crippen molar-refractivity contribution >= 4 is 89.4 Å². The molecule has 1 aromatic heterocycles. The van der Waals surface area contributed by atoms with Crippen molar-refractivity contribution in [3.8, 4) is 0 Å². The van der Waals surface area contributed by atoms with Gasteiger partial charge in [0.15, 0.2) is 6.17 Å². The molecule has 0 fully saturated rings. The van der Waals surface area contributed by atoms with E-state index in [1.54, 1.807) is 109 Å². The fraction of sp³-hybridized carbons (Fsp3) is 0.364. The summed E-state index contributed by atoms with van der Waals surface area (Å²) in [5, 5.41) is 39.3. The average molecular weight is 1120 g/mol. The van der Waals surface area contributed by atoms with Gasteiger partial charge in [0.05, 0.1) is 12.1 Å². The van der Waals surface area contributed by atoms with E-state index in [9.17, 15) is 53.4 Å². The van der Waals surface area contributed by atoms with Gasteiger partial charge >= 0.3 is 5.97 Å². The lowest BCUT2D eigenvalue weighted by molar-refractivity contribution is -0.141. The number of nitrogens with two attached hydrogens (primary N) is 2. The van der Waals surface area contributed by atoms with Crippen LogP contribution < -0.4 is 48.7 Å². The Hall–Kier alpha value is -7.77. The lowest BCUT2D eigenvalue weighted by atomic mass is 10.0. The van der Waals surface area contributed by atoms with Crippen molar-refractivity contribution in [3.63, 3.8) is 0 Å². The molecular formula is C55H69N11O11S2. The lowest BCUT2D eigenvalue weighted by Gasteiger charge is -2.32. The van der Waals surface area contributed by atoms with Gasteiger partial charge in [0.25, 0.3) is 11.8 Å². The minimum Gasteiger partial charge on any atom is -0.480 e. The van der Waals surface area contributed by atoms with Gasteiger partial charge in [-0.3, -0.25) is 38.4 Å². The number of carboxylic acid groups (broad SMARTS) is 1. The molecule has 0 saturated heterocycles. The van der Waals surface area contributed by atoms with Gasteiger partial charge in [-0.1, -0.05) is 97.1 Å². The number of aromatic amines is 1. The molecule has 0 unspecified atom stereocenters. The van der Waals surface area contributed by atoms with Crippen molar-refractivity contribution < 1.29 is 53.4 Å². The highest BCUT2D eigenvalue weighted by Crippen LogP contribution is 2.20. The molecule has 0 aliphatic carbocycles. The number of hydrogen-bond donors (Lipinski definition) is 14. The molecule has 0 radical (unpaired) electrons. The van der Waals surface area contributed by atoms with Crippen LogP contribution in [-0.2, 0) is 57.6 Å². The molecule has 79 heavy (non-hydrogen) atoms. The van der Waals surface area contributed by atoms with Gasteiger partial charge in [-0.15, -0.1) is 0 Å². The summed E-state index contributed by atoms with van der Waals surface area (Å²) >= 11 is 8.14. The van der Waals surface area contributed by atoms with E-state index < -0.39 is 108 Å². The molecular weight excluding hydrogens is 1050 g/mol. The van der Waals surface area contributed by atoms with Gasteiger partial charge in [-0.25, -0.2) is 4.79 Å². The number of rotatable bonds is 30. The number of nitrogens with zero attached hydrogens (tertiary/aromatic N) is 1. The number of carboxylic acids is 1. The number of thiol groups is 2. The van der Waals surface area contributed by atoms with Crippen LogP contribution in [-0.4, -0.2) is 153 Å². The number of para-hydroxylation sites is 1. The Morgan fingerprint density at radius 2 is 1.05 bits per heavy atom. The van der Waals surface area contributed by atoms with Gasteiger partial charge in [0, 0.05) is 60.5 Å². The van der Waals surface area contributed by atoms with E-state index >= 15 is 0 Å². The summed E-state index contributed by atoms with van der Waals surface area (Å²) < 4.78 is 0. The largest absolute Gasteiger partial charge is 0.480 e. The summed E-state index contributed by atoms with van der Waals surface area (Å²) in [6.45, 7) is 1.43. The summed E-state index contributed by atoms with van der Waals surface area (Å²) in [5.74, 6) is -8.82. The average Bonchev–Trinajstić information content (AvgIpc) is 3.87. The highest BCUT2D eigenvalue weighted by molar-refractivity contribution is 7.80. The fourth-order valence-corrected chi connectivity index (χ4v) is 8.76. The molecule has 4 aromatic carbocycles. The molecule has 8 amide bonds. The van der Waals surface area contributed by atoms with E-state index in [-0.39, 0.29) is 55.7 Å². The number of aliphatic carboxylic acids is 1. The maximum atomic E-state index is 15.0.